The van der Waals surface area contributed by atoms with E-state index in [1.165, 1.54) is 22.4 Å². The number of rotatable bonds is 4. The lowest BCUT2D eigenvalue weighted by molar-refractivity contribution is -0.134. The summed E-state index contributed by atoms with van der Waals surface area (Å²) in [6.45, 7) is 2.48. The Labute approximate surface area is 145 Å². The molecule has 25 heavy (non-hydrogen) atoms. The molecule has 0 aliphatic carbocycles. The number of piperazine rings is 1. The van der Waals surface area contributed by atoms with E-state index in [0.717, 1.165) is 19.5 Å². The summed E-state index contributed by atoms with van der Waals surface area (Å²) in [6, 6.07) is 13.9. The molecule has 1 aromatic carbocycles. The van der Waals surface area contributed by atoms with Crippen molar-refractivity contribution in [3.63, 3.8) is 0 Å². The van der Waals surface area contributed by atoms with E-state index >= 15 is 0 Å². The number of carbonyl (C=O) groups is 1. The number of hydrogen-bond donors (Lipinski definition) is 1. The fraction of sp³-hybridized carbons (Fsp3) is 0.368. The van der Waals surface area contributed by atoms with Crippen molar-refractivity contribution < 1.29 is 9.90 Å². The molecule has 2 aliphatic heterocycles. The van der Waals surface area contributed by atoms with Gasteiger partial charge in [0.15, 0.2) is 5.75 Å². The minimum atomic E-state index is -0.522. The van der Waals surface area contributed by atoms with Gasteiger partial charge in [0, 0.05) is 37.9 Å². The standard InChI is InChI=1S/C19H21N3O3/c23-17-7-4-8-20(19(17)25)13-18(24)22-12-15-9-16(22)11-21(15)10-14-5-2-1-3-6-14/h1-8,15-16,23H,9-13H2/t15-,16-/m0/s1. The van der Waals surface area contributed by atoms with Crippen LogP contribution in [-0.4, -0.2) is 50.6 Å². The van der Waals surface area contributed by atoms with Gasteiger partial charge in [-0.2, -0.15) is 0 Å². The third-order valence-corrected chi connectivity index (χ3v) is 5.21. The Hall–Kier alpha value is -2.60. The number of aromatic nitrogens is 1. The molecular formula is C19H21N3O3. The van der Waals surface area contributed by atoms with Crippen LogP contribution in [0, 0.1) is 0 Å². The molecule has 0 saturated carbocycles. The highest BCUT2D eigenvalue weighted by atomic mass is 16.3. The summed E-state index contributed by atoms with van der Waals surface area (Å²) < 4.78 is 1.27. The third kappa shape index (κ3) is 3.05. The second-order valence-electron chi connectivity index (χ2n) is 6.83. The van der Waals surface area contributed by atoms with Crippen LogP contribution in [0.3, 0.4) is 0 Å². The topological polar surface area (TPSA) is 65.8 Å². The largest absolute Gasteiger partial charge is 0.503 e. The fourth-order valence-electron chi connectivity index (χ4n) is 3.95. The Bertz CT molecular complexity index is 833. The molecule has 2 bridgehead atoms. The van der Waals surface area contributed by atoms with E-state index in [1.807, 2.05) is 23.1 Å². The summed E-state index contributed by atoms with van der Waals surface area (Å²) in [5, 5.41) is 9.49. The van der Waals surface area contributed by atoms with E-state index in [1.54, 1.807) is 6.07 Å². The van der Waals surface area contributed by atoms with Crippen LogP contribution in [0.4, 0.5) is 0 Å². The molecule has 1 N–H and O–H groups in total. The number of carbonyl (C=O) groups excluding carboxylic acids is 1. The molecule has 2 fully saturated rings. The molecule has 4 rings (SSSR count). The molecule has 2 aliphatic rings. The smallest absolute Gasteiger partial charge is 0.293 e. The summed E-state index contributed by atoms with van der Waals surface area (Å²) >= 11 is 0. The quantitative estimate of drug-likeness (QED) is 0.904. The predicted molar refractivity (Wildman–Crippen MR) is 93.1 cm³/mol. The number of aromatic hydroxyl groups is 1. The number of fused-ring (bicyclic) bond motifs is 2. The molecular weight excluding hydrogens is 318 g/mol. The van der Waals surface area contributed by atoms with Gasteiger partial charge < -0.3 is 14.6 Å². The first-order valence-corrected chi connectivity index (χ1v) is 8.57. The van der Waals surface area contributed by atoms with E-state index in [2.05, 4.69) is 17.0 Å². The van der Waals surface area contributed by atoms with Crippen molar-refractivity contribution in [1.82, 2.24) is 14.4 Å². The molecule has 3 heterocycles. The third-order valence-electron chi connectivity index (χ3n) is 5.21. The first-order valence-electron chi connectivity index (χ1n) is 8.57. The zero-order valence-corrected chi connectivity index (χ0v) is 13.9. The average Bonchev–Trinajstić information content (AvgIpc) is 3.20. The fourth-order valence-corrected chi connectivity index (χ4v) is 3.95. The number of nitrogens with zero attached hydrogens (tertiary/aromatic N) is 3. The molecule has 1 amide bonds. The molecule has 0 radical (unpaired) electrons. The lowest BCUT2D eigenvalue weighted by atomic mass is 10.2. The molecule has 130 valence electrons. The van der Waals surface area contributed by atoms with Gasteiger partial charge in [-0.05, 0) is 24.1 Å². The second-order valence-corrected chi connectivity index (χ2v) is 6.83. The van der Waals surface area contributed by atoms with Gasteiger partial charge in [-0.25, -0.2) is 0 Å². The normalized spacial score (nSPS) is 22.5. The summed E-state index contributed by atoms with van der Waals surface area (Å²) in [6.07, 6.45) is 2.53. The molecule has 2 atom stereocenters. The van der Waals surface area contributed by atoms with Gasteiger partial charge in [-0.1, -0.05) is 30.3 Å². The van der Waals surface area contributed by atoms with E-state index in [9.17, 15) is 14.7 Å². The van der Waals surface area contributed by atoms with Gasteiger partial charge in [-0.3, -0.25) is 14.5 Å². The van der Waals surface area contributed by atoms with Gasteiger partial charge in [-0.15, -0.1) is 0 Å². The van der Waals surface area contributed by atoms with Crippen LogP contribution in [0.5, 0.6) is 5.75 Å². The summed E-state index contributed by atoms with van der Waals surface area (Å²) in [5.41, 5.74) is 0.769. The van der Waals surface area contributed by atoms with Crippen molar-refractivity contribution >= 4 is 5.91 Å². The zero-order chi connectivity index (χ0) is 17.4. The summed E-state index contributed by atoms with van der Waals surface area (Å²) in [7, 11) is 0. The van der Waals surface area contributed by atoms with Gasteiger partial charge in [0.1, 0.15) is 6.54 Å². The lowest BCUT2D eigenvalue weighted by Gasteiger charge is -2.34. The van der Waals surface area contributed by atoms with Crippen LogP contribution in [0.2, 0.25) is 0 Å². The number of pyridine rings is 1. The first kappa shape index (κ1) is 15.9. The van der Waals surface area contributed by atoms with E-state index in [0.29, 0.717) is 12.6 Å². The highest BCUT2D eigenvalue weighted by Crippen LogP contribution is 2.32. The van der Waals surface area contributed by atoms with Crippen LogP contribution < -0.4 is 5.56 Å². The molecule has 6 heteroatoms. The van der Waals surface area contributed by atoms with Gasteiger partial charge in [0.25, 0.3) is 5.56 Å². The van der Waals surface area contributed by atoms with E-state index in [-0.39, 0.29) is 24.2 Å². The van der Waals surface area contributed by atoms with Gasteiger partial charge in [0.05, 0.1) is 0 Å². The minimum absolute atomic E-state index is 0.0187. The Morgan fingerprint density at radius 2 is 1.88 bits per heavy atom. The number of amides is 1. The van der Waals surface area contributed by atoms with Crippen LogP contribution >= 0.6 is 0 Å². The van der Waals surface area contributed by atoms with Crippen LogP contribution in [-0.2, 0) is 17.9 Å². The second kappa shape index (κ2) is 6.37. The Balaban J connectivity index is 1.39. The minimum Gasteiger partial charge on any atom is -0.503 e. The van der Waals surface area contributed by atoms with E-state index < -0.39 is 5.56 Å². The number of hydrogen-bond acceptors (Lipinski definition) is 4. The highest BCUT2D eigenvalue weighted by Gasteiger charge is 2.44. The van der Waals surface area contributed by atoms with Gasteiger partial charge in [0.2, 0.25) is 5.91 Å². The average molecular weight is 339 g/mol. The Kier molecular flexibility index (Phi) is 4.05. The zero-order valence-electron chi connectivity index (χ0n) is 13.9. The molecule has 1 aromatic heterocycles. The summed E-state index contributed by atoms with van der Waals surface area (Å²) in [5.74, 6) is -0.383. The SMILES string of the molecule is O=C(Cn1cccc(O)c1=O)N1C[C@@H]2C[C@H]1CN2Cc1ccccc1. The van der Waals surface area contributed by atoms with Gasteiger partial charge >= 0.3 is 0 Å². The predicted octanol–water partition coefficient (Wildman–Crippen LogP) is 1.04. The first-order chi connectivity index (χ1) is 12.1. The summed E-state index contributed by atoms with van der Waals surface area (Å²) in [4.78, 5) is 28.8. The maximum Gasteiger partial charge on any atom is 0.293 e. The maximum atomic E-state index is 12.6. The van der Waals surface area contributed by atoms with Crippen molar-refractivity contribution in [2.24, 2.45) is 0 Å². The molecule has 0 unspecified atom stereocenters. The Morgan fingerprint density at radius 3 is 2.60 bits per heavy atom. The molecule has 6 nitrogen and oxygen atoms in total. The van der Waals surface area contributed by atoms with Crippen molar-refractivity contribution in [1.29, 1.82) is 0 Å². The van der Waals surface area contributed by atoms with Crippen molar-refractivity contribution in [3.8, 4) is 5.75 Å². The highest BCUT2D eigenvalue weighted by molar-refractivity contribution is 5.77. The monoisotopic (exact) mass is 339 g/mol. The number of likely N-dealkylation sites (tertiary alicyclic amines) is 2. The Morgan fingerprint density at radius 1 is 1.08 bits per heavy atom. The number of benzene rings is 1. The molecule has 2 aromatic rings. The maximum absolute atomic E-state index is 12.6. The lowest BCUT2D eigenvalue weighted by Crippen LogP contribution is -2.49. The molecule has 2 saturated heterocycles. The van der Waals surface area contributed by atoms with Crippen LogP contribution in [0.1, 0.15) is 12.0 Å². The van der Waals surface area contributed by atoms with Crippen LogP contribution in [0.15, 0.2) is 53.5 Å². The van der Waals surface area contributed by atoms with Crippen molar-refractivity contribution in [3.05, 3.63) is 64.6 Å². The van der Waals surface area contributed by atoms with Crippen molar-refractivity contribution in [2.75, 3.05) is 13.1 Å². The molecule has 0 spiro atoms. The van der Waals surface area contributed by atoms with Crippen LogP contribution in [0.25, 0.3) is 0 Å². The van der Waals surface area contributed by atoms with E-state index in [4.69, 9.17) is 0 Å². The van der Waals surface area contributed by atoms with Crippen molar-refractivity contribution in [2.45, 2.75) is 31.6 Å².